The minimum Gasteiger partial charge on any atom is -0.481 e. The largest absolute Gasteiger partial charge is 0.481 e. The molecule has 4 heteroatoms. The van der Waals surface area contributed by atoms with Crippen molar-refractivity contribution in [3.63, 3.8) is 0 Å². The molecule has 0 saturated heterocycles. The average Bonchev–Trinajstić information content (AvgIpc) is 2.38. The Labute approximate surface area is 117 Å². The third-order valence-corrected chi connectivity index (χ3v) is 2.76. The summed E-state index contributed by atoms with van der Waals surface area (Å²) >= 11 is 0. The molecular formula is C16H16FNO2. The zero-order valence-electron chi connectivity index (χ0n) is 11.4. The standard InChI is InChI=1S/C16H16FNO2/c1-11-5-3-8-15(9-11)20-12(2)16(19)18-14-7-4-6-13(17)10-14/h3-10,12H,1-2H3,(H,18,19)/t12-/m0/s1. The molecule has 0 bridgehead atoms. The van der Waals surface area contributed by atoms with Gasteiger partial charge in [0, 0.05) is 5.69 Å². The number of amides is 1. The average molecular weight is 273 g/mol. The first-order chi connectivity index (χ1) is 9.54. The van der Waals surface area contributed by atoms with Gasteiger partial charge in [0.1, 0.15) is 11.6 Å². The Morgan fingerprint density at radius 2 is 1.95 bits per heavy atom. The highest BCUT2D eigenvalue weighted by molar-refractivity contribution is 5.94. The third-order valence-electron chi connectivity index (χ3n) is 2.76. The van der Waals surface area contributed by atoms with Gasteiger partial charge in [-0.1, -0.05) is 18.2 Å². The van der Waals surface area contributed by atoms with Crippen molar-refractivity contribution in [2.24, 2.45) is 0 Å². The van der Waals surface area contributed by atoms with Crippen molar-refractivity contribution in [1.82, 2.24) is 0 Å². The molecule has 0 fully saturated rings. The minimum atomic E-state index is -0.667. The van der Waals surface area contributed by atoms with Crippen LogP contribution >= 0.6 is 0 Å². The van der Waals surface area contributed by atoms with Gasteiger partial charge in [-0.25, -0.2) is 4.39 Å². The van der Waals surface area contributed by atoms with Crippen LogP contribution in [0, 0.1) is 12.7 Å². The van der Waals surface area contributed by atoms with Crippen molar-refractivity contribution in [3.05, 3.63) is 59.9 Å². The summed E-state index contributed by atoms with van der Waals surface area (Å²) < 4.78 is 18.6. The van der Waals surface area contributed by atoms with Gasteiger partial charge in [-0.3, -0.25) is 4.79 Å². The predicted molar refractivity (Wildman–Crippen MR) is 76.3 cm³/mol. The molecule has 2 rings (SSSR count). The van der Waals surface area contributed by atoms with Crippen LogP contribution in [0.5, 0.6) is 5.75 Å². The molecule has 0 saturated carbocycles. The van der Waals surface area contributed by atoms with Gasteiger partial charge >= 0.3 is 0 Å². The molecule has 2 aromatic carbocycles. The van der Waals surface area contributed by atoms with E-state index < -0.39 is 11.9 Å². The summed E-state index contributed by atoms with van der Waals surface area (Å²) in [5, 5.41) is 2.61. The Morgan fingerprint density at radius 1 is 1.20 bits per heavy atom. The van der Waals surface area contributed by atoms with Gasteiger partial charge in [-0.2, -0.15) is 0 Å². The van der Waals surface area contributed by atoms with E-state index in [0.717, 1.165) is 5.56 Å². The monoisotopic (exact) mass is 273 g/mol. The summed E-state index contributed by atoms with van der Waals surface area (Å²) in [4.78, 5) is 12.0. The van der Waals surface area contributed by atoms with E-state index in [0.29, 0.717) is 11.4 Å². The van der Waals surface area contributed by atoms with Crippen molar-refractivity contribution in [3.8, 4) is 5.75 Å². The number of aryl methyl sites for hydroxylation is 1. The molecule has 104 valence electrons. The summed E-state index contributed by atoms with van der Waals surface area (Å²) in [5.41, 5.74) is 1.47. The summed E-state index contributed by atoms with van der Waals surface area (Å²) in [6.45, 7) is 3.60. The number of carbonyl (C=O) groups excluding carboxylic acids is 1. The molecule has 1 N–H and O–H groups in total. The number of hydrogen-bond donors (Lipinski definition) is 1. The van der Waals surface area contributed by atoms with E-state index in [1.165, 1.54) is 18.2 Å². The number of anilines is 1. The van der Waals surface area contributed by atoms with E-state index in [1.807, 2.05) is 25.1 Å². The SMILES string of the molecule is Cc1cccc(O[C@@H](C)C(=O)Nc2cccc(F)c2)c1. The maximum absolute atomic E-state index is 13.0. The van der Waals surface area contributed by atoms with Crippen molar-refractivity contribution < 1.29 is 13.9 Å². The Balaban J connectivity index is 1.98. The van der Waals surface area contributed by atoms with Crippen molar-refractivity contribution in [1.29, 1.82) is 0 Å². The maximum atomic E-state index is 13.0. The first-order valence-electron chi connectivity index (χ1n) is 6.34. The molecule has 1 amide bonds. The van der Waals surface area contributed by atoms with Crippen LogP contribution in [-0.4, -0.2) is 12.0 Å². The lowest BCUT2D eigenvalue weighted by Gasteiger charge is -2.15. The Morgan fingerprint density at radius 3 is 2.65 bits per heavy atom. The molecule has 0 spiro atoms. The number of ether oxygens (including phenoxy) is 1. The fourth-order valence-electron chi connectivity index (χ4n) is 1.76. The van der Waals surface area contributed by atoms with Crippen LogP contribution in [-0.2, 0) is 4.79 Å². The number of halogens is 1. The van der Waals surface area contributed by atoms with Crippen LogP contribution in [0.15, 0.2) is 48.5 Å². The van der Waals surface area contributed by atoms with Crippen LogP contribution < -0.4 is 10.1 Å². The van der Waals surface area contributed by atoms with Gasteiger partial charge in [0.05, 0.1) is 0 Å². The van der Waals surface area contributed by atoms with Gasteiger partial charge < -0.3 is 10.1 Å². The molecule has 0 radical (unpaired) electrons. The van der Waals surface area contributed by atoms with Crippen molar-refractivity contribution in [2.45, 2.75) is 20.0 Å². The van der Waals surface area contributed by atoms with E-state index in [-0.39, 0.29) is 5.91 Å². The molecular weight excluding hydrogens is 257 g/mol. The predicted octanol–water partition coefficient (Wildman–Crippen LogP) is 3.54. The van der Waals surface area contributed by atoms with Gasteiger partial charge in [0.15, 0.2) is 6.10 Å². The van der Waals surface area contributed by atoms with Crippen LogP contribution in [0.4, 0.5) is 10.1 Å². The van der Waals surface area contributed by atoms with E-state index in [4.69, 9.17) is 4.74 Å². The number of nitrogens with one attached hydrogen (secondary N) is 1. The molecule has 2 aromatic rings. The minimum absolute atomic E-state index is 0.322. The molecule has 20 heavy (non-hydrogen) atoms. The van der Waals surface area contributed by atoms with Crippen LogP contribution in [0.1, 0.15) is 12.5 Å². The number of hydrogen-bond acceptors (Lipinski definition) is 2. The Hall–Kier alpha value is -2.36. The highest BCUT2D eigenvalue weighted by Crippen LogP contribution is 2.15. The second kappa shape index (κ2) is 6.19. The van der Waals surface area contributed by atoms with Crippen molar-refractivity contribution >= 4 is 11.6 Å². The highest BCUT2D eigenvalue weighted by Gasteiger charge is 2.15. The molecule has 1 atom stereocenters. The number of carbonyl (C=O) groups is 1. The Kier molecular flexibility index (Phi) is 4.35. The summed E-state index contributed by atoms with van der Waals surface area (Å²) in [7, 11) is 0. The number of benzene rings is 2. The fraction of sp³-hybridized carbons (Fsp3) is 0.188. The quantitative estimate of drug-likeness (QED) is 0.925. The highest BCUT2D eigenvalue weighted by atomic mass is 19.1. The zero-order valence-corrected chi connectivity index (χ0v) is 11.4. The van der Waals surface area contributed by atoms with E-state index in [1.54, 1.807) is 19.1 Å². The second-order valence-corrected chi connectivity index (χ2v) is 4.58. The molecule has 0 aliphatic rings. The van der Waals surface area contributed by atoms with Gasteiger partial charge in [0.2, 0.25) is 0 Å². The third kappa shape index (κ3) is 3.82. The van der Waals surface area contributed by atoms with Gasteiger partial charge in [0.25, 0.3) is 5.91 Å². The molecule has 0 aliphatic carbocycles. The Bertz CT molecular complexity index is 613. The molecule has 0 aliphatic heterocycles. The second-order valence-electron chi connectivity index (χ2n) is 4.58. The lowest BCUT2D eigenvalue weighted by molar-refractivity contribution is -0.122. The summed E-state index contributed by atoms with van der Waals surface area (Å²) in [5.74, 6) is -0.0842. The fourth-order valence-corrected chi connectivity index (χ4v) is 1.76. The first kappa shape index (κ1) is 14.1. The lowest BCUT2D eigenvalue weighted by atomic mass is 10.2. The van der Waals surface area contributed by atoms with Gasteiger partial charge in [-0.05, 0) is 49.7 Å². The first-order valence-corrected chi connectivity index (χ1v) is 6.34. The summed E-state index contributed by atoms with van der Waals surface area (Å²) in [6, 6.07) is 13.2. The normalized spacial score (nSPS) is 11.8. The maximum Gasteiger partial charge on any atom is 0.265 e. The molecule has 0 heterocycles. The molecule has 0 unspecified atom stereocenters. The summed E-state index contributed by atoms with van der Waals surface area (Å²) in [6.07, 6.45) is -0.667. The molecule has 3 nitrogen and oxygen atoms in total. The van der Waals surface area contributed by atoms with Crippen LogP contribution in [0.2, 0.25) is 0 Å². The topological polar surface area (TPSA) is 38.3 Å². The molecule has 0 aromatic heterocycles. The van der Waals surface area contributed by atoms with E-state index >= 15 is 0 Å². The smallest absolute Gasteiger partial charge is 0.265 e. The lowest BCUT2D eigenvalue weighted by Crippen LogP contribution is -2.30. The van der Waals surface area contributed by atoms with Crippen molar-refractivity contribution in [2.75, 3.05) is 5.32 Å². The van der Waals surface area contributed by atoms with Crippen LogP contribution in [0.25, 0.3) is 0 Å². The van der Waals surface area contributed by atoms with Crippen LogP contribution in [0.3, 0.4) is 0 Å². The zero-order chi connectivity index (χ0) is 14.5. The van der Waals surface area contributed by atoms with Gasteiger partial charge in [-0.15, -0.1) is 0 Å². The number of rotatable bonds is 4. The van der Waals surface area contributed by atoms with E-state index in [9.17, 15) is 9.18 Å². The van der Waals surface area contributed by atoms with E-state index in [2.05, 4.69) is 5.32 Å².